The van der Waals surface area contributed by atoms with Crippen molar-refractivity contribution in [3.8, 4) is 0 Å². The van der Waals surface area contributed by atoms with Crippen LogP contribution in [0.15, 0.2) is 140 Å². The number of halogens is 2. The highest BCUT2D eigenvalue weighted by Crippen LogP contribution is 2.44. The van der Waals surface area contributed by atoms with Gasteiger partial charge in [-0.3, -0.25) is 0 Å². The third-order valence-electron chi connectivity index (χ3n) is 11.3. The first-order valence-corrected chi connectivity index (χ1v) is 21.5. The third-order valence-corrected chi connectivity index (χ3v) is 12.3. The lowest BCUT2D eigenvalue weighted by atomic mass is 9.78. The van der Waals surface area contributed by atoms with Gasteiger partial charge in [-0.15, -0.1) is 0 Å². The number of rotatable bonds is 12. The van der Waals surface area contributed by atoms with Crippen LogP contribution >= 0.6 is 34.2 Å². The topological polar surface area (TPSA) is 124 Å². The normalized spacial score (nSPS) is 32.8. The smallest absolute Gasteiger partial charge is 0.190 e. The second kappa shape index (κ2) is 19.0. The first-order chi connectivity index (χ1) is 29.3. The van der Waals surface area contributed by atoms with Crippen molar-refractivity contribution in [2.24, 2.45) is 0 Å². The van der Waals surface area contributed by atoms with Crippen LogP contribution in [0.4, 0.5) is 0 Å². The van der Waals surface area contributed by atoms with Gasteiger partial charge < -0.3 is 52.8 Å². The molecule has 4 saturated heterocycles. The Hall–Kier alpha value is -3.32. The average Bonchev–Trinajstić information content (AvgIpc) is 3.28. The molecule has 0 aliphatic carbocycles. The zero-order valence-corrected chi connectivity index (χ0v) is 35.4. The van der Waals surface area contributed by atoms with Gasteiger partial charge in [0, 0.05) is 26.1 Å². The van der Waals surface area contributed by atoms with Crippen molar-refractivity contribution in [3.63, 3.8) is 0 Å². The summed E-state index contributed by atoms with van der Waals surface area (Å²) in [4.78, 5) is 0. The van der Waals surface area contributed by atoms with Gasteiger partial charge in [0.05, 0.1) is 26.4 Å². The van der Waals surface area contributed by atoms with E-state index in [1.807, 2.05) is 127 Å². The fraction of sp³-hybridized carbons (Fsp3) is 0.362. The first-order valence-electron chi connectivity index (χ1n) is 20.1. The number of benzene rings is 5. The lowest BCUT2D eigenvalue weighted by Crippen LogP contribution is -2.72. The minimum Gasteiger partial charge on any atom is -0.385 e. The molecule has 4 fully saturated rings. The molecule has 60 heavy (non-hydrogen) atoms. The van der Waals surface area contributed by atoms with Gasteiger partial charge in [-0.25, -0.2) is 0 Å². The molecule has 4 aliphatic rings. The predicted octanol–water partition coefficient (Wildman–Crippen LogP) is 7.44. The van der Waals surface area contributed by atoms with Crippen molar-refractivity contribution in [1.82, 2.24) is 0 Å². The fourth-order valence-electron chi connectivity index (χ4n) is 8.27. The van der Waals surface area contributed by atoms with E-state index in [2.05, 4.69) is 22.6 Å². The van der Waals surface area contributed by atoms with E-state index in [0.29, 0.717) is 5.02 Å². The molecule has 2 N–H and O–H groups in total. The largest absolute Gasteiger partial charge is 0.385 e. The molecular formula is C47H46ClIO11. The standard InChI is InChI=1S/C47H46ClIO11/c48-34-20-16-29(17-21-34)24-47(51)41-37(28-55-44(59-41)33-14-8-3-9-15-33)57-46(42(47)53-26-31-18-22-35(49)23-19-31)60-45-38(50)40(52-25-30-10-4-1-5-11-30)39-36(56-45)27-54-43(58-39)32-12-6-2-7-13-32/h1-23,36-46,50-51H,24-28H2/t36-,37-,38-,39-,40-,41-,42+,43?,44?,45-,46-,47+/m1/s1. The summed E-state index contributed by atoms with van der Waals surface area (Å²) in [5, 5.41) is 26.1. The highest BCUT2D eigenvalue weighted by Gasteiger charge is 2.61. The number of hydrogen-bond donors (Lipinski definition) is 2. The summed E-state index contributed by atoms with van der Waals surface area (Å²) in [7, 11) is 0. The second-order valence-corrected chi connectivity index (χ2v) is 17.1. The van der Waals surface area contributed by atoms with E-state index >= 15 is 0 Å². The Morgan fingerprint density at radius 3 is 1.83 bits per heavy atom. The van der Waals surface area contributed by atoms with Crippen LogP contribution in [-0.4, -0.2) is 84.3 Å². The summed E-state index contributed by atoms with van der Waals surface area (Å²) in [5.41, 5.74) is 2.42. The molecule has 0 amide bonds. The fourth-order valence-corrected chi connectivity index (χ4v) is 8.76. The minimum atomic E-state index is -1.77. The lowest BCUT2D eigenvalue weighted by molar-refractivity contribution is -0.429. The van der Waals surface area contributed by atoms with Crippen LogP contribution in [-0.2, 0) is 62.3 Å². The number of aliphatic hydroxyl groups excluding tert-OH is 1. The highest BCUT2D eigenvalue weighted by atomic mass is 127. The molecule has 4 aliphatic heterocycles. The maximum absolute atomic E-state index is 13.3. The molecule has 5 aromatic carbocycles. The van der Waals surface area contributed by atoms with Gasteiger partial charge in [0.25, 0.3) is 0 Å². The van der Waals surface area contributed by atoms with Gasteiger partial charge in [0.15, 0.2) is 25.2 Å². The van der Waals surface area contributed by atoms with Crippen LogP contribution in [0.25, 0.3) is 0 Å². The van der Waals surface area contributed by atoms with Crippen molar-refractivity contribution >= 4 is 34.2 Å². The molecule has 5 aromatic rings. The highest BCUT2D eigenvalue weighted by molar-refractivity contribution is 14.1. The maximum Gasteiger partial charge on any atom is 0.190 e. The van der Waals surface area contributed by atoms with Crippen LogP contribution in [0, 0.1) is 3.57 Å². The van der Waals surface area contributed by atoms with Gasteiger partial charge in [-0.1, -0.05) is 127 Å². The van der Waals surface area contributed by atoms with Gasteiger partial charge >= 0.3 is 0 Å². The molecule has 0 radical (unpaired) electrons. The second-order valence-electron chi connectivity index (χ2n) is 15.4. The quantitative estimate of drug-likeness (QED) is 0.121. The summed E-state index contributed by atoms with van der Waals surface area (Å²) in [6.07, 6.45) is -10.6. The average molecular weight is 949 g/mol. The number of aliphatic hydroxyl groups is 2. The van der Waals surface area contributed by atoms with Crippen molar-refractivity contribution in [2.45, 2.75) is 93.1 Å². The molecule has 12 atom stereocenters. The van der Waals surface area contributed by atoms with Crippen molar-refractivity contribution in [2.75, 3.05) is 13.2 Å². The van der Waals surface area contributed by atoms with Crippen molar-refractivity contribution < 1.29 is 52.8 Å². The third kappa shape index (κ3) is 9.37. The van der Waals surface area contributed by atoms with E-state index in [4.69, 9.17) is 54.2 Å². The predicted molar refractivity (Wildman–Crippen MR) is 227 cm³/mol. The Labute approximate surface area is 367 Å². The molecule has 2 unspecified atom stereocenters. The van der Waals surface area contributed by atoms with E-state index in [1.54, 1.807) is 12.1 Å². The van der Waals surface area contributed by atoms with Crippen LogP contribution in [0.5, 0.6) is 0 Å². The molecule has 11 nitrogen and oxygen atoms in total. The lowest BCUT2D eigenvalue weighted by Gasteiger charge is -2.55. The molecule has 0 aromatic heterocycles. The zero-order chi connectivity index (χ0) is 41.1. The van der Waals surface area contributed by atoms with Crippen LogP contribution in [0.2, 0.25) is 5.02 Å². The molecular weight excluding hydrogens is 903 g/mol. The molecule has 13 heteroatoms. The van der Waals surface area contributed by atoms with E-state index in [-0.39, 0.29) is 32.8 Å². The molecule has 9 rings (SSSR count). The van der Waals surface area contributed by atoms with Gasteiger partial charge in [0.1, 0.15) is 48.3 Å². The summed E-state index contributed by atoms with van der Waals surface area (Å²) >= 11 is 8.57. The summed E-state index contributed by atoms with van der Waals surface area (Å²) in [6, 6.07) is 44.0. The Morgan fingerprint density at radius 1 is 0.617 bits per heavy atom. The van der Waals surface area contributed by atoms with Crippen LogP contribution in [0.1, 0.15) is 40.4 Å². The number of fused-ring (bicyclic) bond motifs is 2. The zero-order valence-electron chi connectivity index (χ0n) is 32.5. The van der Waals surface area contributed by atoms with Crippen LogP contribution < -0.4 is 0 Å². The monoisotopic (exact) mass is 948 g/mol. The minimum absolute atomic E-state index is 0.0704. The van der Waals surface area contributed by atoms with Gasteiger partial charge in [-0.05, 0) is 63.5 Å². The summed E-state index contributed by atoms with van der Waals surface area (Å²) < 4.78 is 59.8. The summed E-state index contributed by atoms with van der Waals surface area (Å²) in [6.45, 7) is 0.505. The Kier molecular flexibility index (Phi) is 13.3. The SMILES string of the molecule is O[C@H]1[C@@H](O[C@H]2O[C@@H]3COC(c4ccccc4)O[C@H]3[C@@](O)(Cc3ccc(Cl)cc3)[C@H]2OCc2ccc(I)cc2)O[C@@H]2COC(c3ccccc3)O[C@H]2[C@@H]1OCc1ccccc1. The Balaban J connectivity index is 1.04. The first kappa shape index (κ1) is 42.0. The van der Waals surface area contributed by atoms with Gasteiger partial charge in [-0.2, -0.15) is 0 Å². The van der Waals surface area contributed by atoms with E-state index in [0.717, 1.165) is 31.4 Å². The molecule has 4 heterocycles. The Bertz CT molecular complexity index is 2120. The van der Waals surface area contributed by atoms with Crippen molar-refractivity contribution in [1.29, 1.82) is 0 Å². The number of ether oxygens (including phenoxy) is 9. The summed E-state index contributed by atoms with van der Waals surface area (Å²) in [5.74, 6) is 0. The van der Waals surface area contributed by atoms with Crippen molar-refractivity contribution in [3.05, 3.63) is 176 Å². The number of hydrogen-bond acceptors (Lipinski definition) is 11. The molecule has 314 valence electrons. The van der Waals surface area contributed by atoms with Crippen LogP contribution in [0.3, 0.4) is 0 Å². The molecule has 0 saturated carbocycles. The van der Waals surface area contributed by atoms with E-state index in [9.17, 15) is 10.2 Å². The van der Waals surface area contributed by atoms with E-state index < -0.39 is 73.5 Å². The molecule has 0 bridgehead atoms. The maximum atomic E-state index is 13.3. The van der Waals surface area contributed by atoms with E-state index in [1.165, 1.54) is 0 Å². The van der Waals surface area contributed by atoms with Gasteiger partial charge in [0.2, 0.25) is 0 Å². The Morgan fingerprint density at radius 2 is 1.17 bits per heavy atom. The molecule has 0 spiro atoms.